The molecule has 0 radical (unpaired) electrons. The van der Waals surface area contributed by atoms with E-state index in [0.29, 0.717) is 44.9 Å². The van der Waals surface area contributed by atoms with E-state index < -0.39 is 42.1 Å². The predicted molar refractivity (Wildman–Crippen MR) is 143 cm³/mol. The molecule has 222 valence electrons. The van der Waals surface area contributed by atoms with Gasteiger partial charge in [-0.15, -0.1) is 0 Å². The predicted octanol–water partition coefficient (Wildman–Crippen LogP) is 3.75. The second-order valence-corrected chi connectivity index (χ2v) is 10.9. The molecule has 0 saturated carbocycles. The van der Waals surface area contributed by atoms with Crippen molar-refractivity contribution in [1.29, 1.82) is 0 Å². The van der Waals surface area contributed by atoms with Crippen LogP contribution in [-0.2, 0) is 32.1 Å². The van der Waals surface area contributed by atoms with Crippen molar-refractivity contribution in [2.24, 2.45) is 5.92 Å². The van der Waals surface area contributed by atoms with Gasteiger partial charge in [0.2, 0.25) is 0 Å². The molecule has 1 aromatic heterocycles. The van der Waals surface area contributed by atoms with Crippen LogP contribution in [0.1, 0.15) is 43.1 Å². The van der Waals surface area contributed by atoms with Gasteiger partial charge in [0.15, 0.2) is 0 Å². The molecule has 10 nitrogen and oxygen atoms in total. The zero-order chi connectivity index (χ0) is 29.2. The monoisotopic (exact) mass is 566 g/mol. The topological polar surface area (TPSA) is 104 Å². The number of carbonyl (C=O) groups is 2. The third-order valence-electron chi connectivity index (χ3n) is 6.18. The number of nitrogens with one attached hydrogen (secondary N) is 1. The number of benzene rings is 1. The number of hydrogen-bond donors (Lipinski definition) is 1. The first-order valence-electron chi connectivity index (χ1n) is 13.4. The number of halogens is 2. The van der Waals surface area contributed by atoms with Crippen LogP contribution in [0.2, 0.25) is 0 Å². The van der Waals surface area contributed by atoms with Gasteiger partial charge in [0.25, 0.3) is 5.92 Å². The lowest BCUT2D eigenvalue weighted by molar-refractivity contribution is -0.109. The second kappa shape index (κ2) is 14.5. The first-order valence-corrected chi connectivity index (χ1v) is 13.4. The van der Waals surface area contributed by atoms with E-state index in [1.807, 2.05) is 18.2 Å². The number of esters is 1. The Balaban J connectivity index is 1.35. The molecular formula is C28H40F2N4O6. The van der Waals surface area contributed by atoms with Gasteiger partial charge in [-0.25, -0.2) is 18.4 Å². The minimum atomic E-state index is -3.11. The summed E-state index contributed by atoms with van der Waals surface area (Å²) < 4.78 is 53.0. The molecule has 1 aromatic carbocycles. The number of nitrogens with zero attached hydrogens (tertiary/aromatic N) is 3. The van der Waals surface area contributed by atoms with Crippen LogP contribution in [0.3, 0.4) is 0 Å². The Morgan fingerprint density at radius 2 is 1.80 bits per heavy atom. The lowest BCUT2D eigenvalue weighted by Crippen LogP contribution is -2.62. The first kappa shape index (κ1) is 31.4. The maximum absolute atomic E-state index is 14.9. The minimum absolute atomic E-state index is 0.00391. The Labute approximate surface area is 233 Å². The second-order valence-electron chi connectivity index (χ2n) is 10.9. The molecule has 12 heteroatoms. The summed E-state index contributed by atoms with van der Waals surface area (Å²) in [6, 6.07) is 7.69. The molecular weight excluding hydrogens is 526 g/mol. The van der Waals surface area contributed by atoms with E-state index in [-0.39, 0.29) is 13.2 Å². The van der Waals surface area contributed by atoms with Crippen LogP contribution >= 0.6 is 0 Å². The highest BCUT2D eigenvalue weighted by Crippen LogP contribution is 2.32. The highest BCUT2D eigenvalue weighted by atomic mass is 19.3. The highest BCUT2D eigenvalue weighted by molar-refractivity contribution is 5.89. The summed E-state index contributed by atoms with van der Waals surface area (Å²) in [6.07, 6.45) is 2.53. The van der Waals surface area contributed by atoms with Crippen molar-refractivity contribution in [2.75, 3.05) is 46.6 Å². The fraction of sp³-hybridized carbons (Fsp3) is 0.607. The van der Waals surface area contributed by atoms with Crippen molar-refractivity contribution in [2.45, 2.75) is 57.9 Å². The standard InChI is InChI=1S/C28H40F2N4O6/c1-27(2,3)40-25(35)23-16-31-34(18-23)11-13-38-15-14-37-12-10-22-17-33(4)20-28(29,30)24(22)32-26(36)39-19-21-8-6-5-7-9-21/h5-9,16,18,22,24H,10-15,17,19-20H2,1-4H3,(H,32,36). The minimum Gasteiger partial charge on any atom is -0.456 e. The number of hydrogen-bond acceptors (Lipinski definition) is 8. The van der Waals surface area contributed by atoms with E-state index in [0.717, 1.165) is 5.56 Å². The summed E-state index contributed by atoms with van der Waals surface area (Å²) >= 11 is 0. The molecule has 1 saturated heterocycles. The van der Waals surface area contributed by atoms with E-state index in [2.05, 4.69) is 10.4 Å². The number of piperidine rings is 1. The molecule has 1 aliphatic heterocycles. The van der Waals surface area contributed by atoms with Crippen molar-refractivity contribution in [1.82, 2.24) is 20.0 Å². The van der Waals surface area contributed by atoms with Gasteiger partial charge >= 0.3 is 12.1 Å². The Bertz CT molecular complexity index is 1080. The zero-order valence-corrected chi connectivity index (χ0v) is 23.6. The van der Waals surface area contributed by atoms with Crippen LogP contribution in [0.15, 0.2) is 42.7 Å². The third-order valence-corrected chi connectivity index (χ3v) is 6.18. The maximum atomic E-state index is 14.9. The summed E-state index contributed by atoms with van der Waals surface area (Å²) in [7, 11) is 1.63. The summed E-state index contributed by atoms with van der Waals surface area (Å²) in [5.74, 6) is -4.06. The molecule has 2 unspecified atom stereocenters. The number of alkyl carbamates (subject to hydrolysis) is 1. The molecule has 2 heterocycles. The van der Waals surface area contributed by atoms with Gasteiger partial charge in [0, 0.05) is 25.3 Å². The van der Waals surface area contributed by atoms with Crippen molar-refractivity contribution in [3.8, 4) is 0 Å². The molecule has 3 rings (SSSR count). The Morgan fingerprint density at radius 1 is 1.10 bits per heavy atom. The molecule has 0 spiro atoms. The van der Waals surface area contributed by atoms with Gasteiger partial charge < -0.3 is 29.2 Å². The molecule has 1 amide bonds. The van der Waals surface area contributed by atoms with Crippen molar-refractivity contribution >= 4 is 12.1 Å². The molecule has 2 atom stereocenters. The third kappa shape index (κ3) is 10.5. The van der Waals surface area contributed by atoms with Crippen LogP contribution in [0, 0.1) is 5.92 Å². The van der Waals surface area contributed by atoms with Gasteiger partial charge in [-0.3, -0.25) is 4.68 Å². The van der Waals surface area contributed by atoms with Crippen LogP contribution in [0.5, 0.6) is 0 Å². The average Bonchev–Trinajstić information content (AvgIpc) is 3.35. The molecule has 1 N–H and O–H groups in total. The van der Waals surface area contributed by atoms with Crippen molar-refractivity contribution < 1.29 is 37.3 Å². The number of rotatable bonds is 13. The Kier molecular flexibility index (Phi) is 11.4. The number of alkyl halides is 2. The number of aromatic nitrogens is 2. The highest BCUT2D eigenvalue weighted by Gasteiger charge is 2.49. The summed E-state index contributed by atoms with van der Waals surface area (Å²) in [5.41, 5.74) is 0.562. The van der Waals surface area contributed by atoms with E-state index in [1.54, 1.807) is 55.7 Å². The largest absolute Gasteiger partial charge is 0.456 e. The fourth-order valence-electron chi connectivity index (χ4n) is 4.39. The van der Waals surface area contributed by atoms with Gasteiger partial charge in [-0.1, -0.05) is 30.3 Å². The van der Waals surface area contributed by atoms with Crippen LogP contribution < -0.4 is 5.32 Å². The lowest BCUT2D eigenvalue weighted by atomic mass is 9.87. The molecule has 2 aromatic rings. The molecule has 0 aliphatic carbocycles. The van der Waals surface area contributed by atoms with Gasteiger partial charge in [0.05, 0.1) is 44.7 Å². The van der Waals surface area contributed by atoms with E-state index in [4.69, 9.17) is 18.9 Å². The summed E-state index contributed by atoms with van der Waals surface area (Å²) in [4.78, 5) is 26.0. The summed E-state index contributed by atoms with van der Waals surface area (Å²) in [5, 5.41) is 6.54. The van der Waals surface area contributed by atoms with Crippen molar-refractivity contribution in [3.05, 3.63) is 53.9 Å². The van der Waals surface area contributed by atoms with Gasteiger partial charge in [-0.2, -0.15) is 5.10 Å². The molecule has 0 bridgehead atoms. The lowest BCUT2D eigenvalue weighted by Gasteiger charge is -2.42. The SMILES string of the molecule is CN1CC(CCOCCOCCn2cc(C(=O)OC(C)(C)C)cn2)C(NC(=O)OCc2ccccc2)C(F)(F)C1. The first-order chi connectivity index (χ1) is 18.9. The smallest absolute Gasteiger partial charge is 0.407 e. The van der Waals surface area contributed by atoms with E-state index in [9.17, 15) is 18.4 Å². The van der Waals surface area contributed by atoms with Crippen LogP contribution in [0.4, 0.5) is 13.6 Å². The fourth-order valence-corrected chi connectivity index (χ4v) is 4.39. The maximum Gasteiger partial charge on any atom is 0.407 e. The Hall–Kier alpha value is -3.09. The Morgan fingerprint density at radius 3 is 2.50 bits per heavy atom. The quantitative estimate of drug-likeness (QED) is 0.289. The number of carbonyl (C=O) groups excluding carboxylic acids is 2. The van der Waals surface area contributed by atoms with Crippen LogP contribution in [-0.4, -0.2) is 90.9 Å². The summed E-state index contributed by atoms with van der Waals surface area (Å²) in [6.45, 7) is 7.00. The van der Waals surface area contributed by atoms with E-state index >= 15 is 0 Å². The van der Waals surface area contributed by atoms with E-state index in [1.165, 1.54) is 6.20 Å². The van der Waals surface area contributed by atoms with Crippen molar-refractivity contribution in [3.63, 3.8) is 0 Å². The number of amides is 1. The van der Waals surface area contributed by atoms with Gasteiger partial charge in [0.1, 0.15) is 18.2 Å². The molecule has 40 heavy (non-hydrogen) atoms. The number of likely N-dealkylation sites (tertiary alicyclic amines) is 1. The molecule has 1 aliphatic rings. The number of ether oxygens (including phenoxy) is 4. The average molecular weight is 567 g/mol. The normalized spacial score (nSPS) is 19.2. The molecule has 1 fully saturated rings. The van der Waals surface area contributed by atoms with Crippen LogP contribution in [0.25, 0.3) is 0 Å². The van der Waals surface area contributed by atoms with Gasteiger partial charge in [-0.05, 0) is 39.8 Å². The zero-order valence-electron chi connectivity index (χ0n) is 23.6.